The molecular weight excluding hydrogens is 278 g/mol. The molecule has 0 spiro atoms. The zero-order valence-electron chi connectivity index (χ0n) is 12.6. The van der Waals surface area contributed by atoms with E-state index in [2.05, 4.69) is 10.0 Å². The number of hydrogen-bond acceptors (Lipinski definition) is 3. The smallest absolute Gasteiger partial charge is 0.314 e. The third-order valence-corrected chi connectivity index (χ3v) is 3.55. The maximum Gasteiger partial charge on any atom is 0.314 e. The minimum absolute atomic E-state index is 0.169. The zero-order chi connectivity index (χ0) is 15.8. The van der Waals surface area contributed by atoms with Crippen LogP contribution in [0.15, 0.2) is 47.6 Å². The van der Waals surface area contributed by atoms with Crippen molar-refractivity contribution in [2.45, 2.75) is 26.2 Å². The molecule has 0 amide bonds. The molecule has 0 aromatic heterocycles. The van der Waals surface area contributed by atoms with E-state index in [1.807, 2.05) is 49.4 Å². The first-order valence-electron chi connectivity index (χ1n) is 7.42. The van der Waals surface area contributed by atoms with Crippen molar-refractivity contribution < 1.29 is 9.53 Å². The monoisotopic (exact) mass is 297 g/mol. The lowest BCUT2D eigenvalue weighted by Crippen LogP contribution is -2.17. The van der Waals surface area contributed by atoms with E-state index in [0.717, 1.165) is 30.0 Å². The second-order valence-corrected chi connectivity index (χ2v) is 5.28. The summed E-state index contributed by atoms with van der Waals surface area (Å²) in [7, 11) is 0. The molecular formula is C17H19N3O2. The van der Waals surface area contributed by atoms with Gasteiger partial charge in [0.1, 0.15) is 5.75 Å². The van der Waals surface area contributed by atoms with Crippen LogP contribution < -0.4 is 4.74 Å². The summed E-state index contributed by atoms with van der Waals surface area (Å²) in [5, 5.41) is 5.64. The van der Waals surface area contributed by atoms with Crippen molar-refractivity contribution >= 4 is 16.7 Å². The average Bonchev–Trinajstić information content (AvgIpc) is 2.54. The topological polar surface area (TPSA) is 75.1 Å². The number of carbonyl (C=O) groups excluding carboxylic acids is 1. The van der Waals surface area contributed by atoms with Gasteiger partial charge in [-0.25, -0.2) is 0 Å². The Balaban J connectivity index is 1.88. The van der Waals surface area contributed by atoms with Crippen molar-refractivity contribution in [3.63, 3.8) is 0 Å². The summed E-state index contributed by atoms with van der Waals surface area (Å²) in [4.78, 5) is 14.8. The molecule has 0 saturated heterocycles. The Morgan fingerprint density at radius 2 is 2.00 bits per heavy atom. The molecule has 2 aromatic rings. The number of unbranched alkanes of at least 4 members (excludes halogenated alkanes) is 1. The predicted molar refractivity (Wildman–Crippen MR) is 86.6 cm³/mol. The molecule has 0 unspecified atom stereocenters. The number of rotatable bonds is 7. The van der Waals surface area contributed by atoms with Crippen LogP contribution in [0.4, 0.5) is 0 Å². The largest absolute Gasteiger partial charge is 0.426 e. The van der Waals surface area contributed by atoms with Crippen molar-refractivity contribution in [1.82, 2.24) is 0 Å². The highest BCUT2D eigenvalue weighted by Crippen LogP contribution is 2.22. The molecule has 5 heteroatoms. The Bertz CT molecular complexity index is 693. The van der Waals surface area contributed by atoms with Crippen LogP contribution in [0, 0.1) is 5.92 Å². The van der Waals surface area contributed by atoms with Gasteiger partial charge in [-0.3, -0.25) is 4.79 Å². The minimum Gasteiger partial charge on any atom is -0.426 e. The van der Waals surface area contributed by atoms with Crippen LogP contribution >= 0.6 is 0 Å². The molecule has 0 saturated carbocycles. The first-order chi connectivity index (χ1) is 10.7. The van der Waals surface area contributed by atoms with Crippen molar-refractivity contribution in [2.75, 3.05) is 6.54 Å². The maximum absolute atomic E-state index is 12.1. The summed E-state index contributed by atoms with van der Waals surface area (Å²) in [5.74, 6) is 0.182. The van der Waals surface area contributed by atoms with Gasteiger partial charge in [0.05, 0.1) is 5.92 Å². The van der Waals surface area contributed by atoms with Crippen LogP contribution in [0.25, 0.3) is 21.2 Å². The standard InChI is InChI=1S/C17H19N3O2/c1-13(6-4-5-11-19-20-18)17(21)22-16-10-9-14-7-2-3-8-15(14)12-16/h2-3,7-10,12-13H,4-6,11H2,1H3/t13-/m0/s1. The highest BCUT2D eigenvalue weighted by atomic mass is 16.5. The van der Waals surface area contributed by atoms with Gasteiger partial charge in [0.2, 0.25) is 0 Å². The van der Waals surface area contributed by atoms with Crippen LogP contribution in [0.3, 0.4) is 0 Å². The summed E-state index contributed by atoms with van der Waals surface area (Å²) in [5.41, 5.74) is 8.19. The maximum atomic E-state index is 12.1. The Labute approximate surface area is 129 Å². The van der Waals surface area contributed by atoms with Gasteiger partial charge in [0, 0.05) is 11.5 Å². The third-order valence-electron chi connectivity index (χ3n) is 3.55. The van der Waals surface area contributed by atoms with Gasteiger partial charge in [0.15, 0.2) is 0 Å². The Morgan fingerprint density at radius 1 is 1.23 bits per heavy atom. The molecule has 114 valence electrons. The molecule has 0 fully saturated rings. The SMILES string of the molecule is C[C@@H](CCCCN=[N+]=[N-])C(=O)Oc1ccc2ccccc2c1. The van der Waals surface area contributed by atoms with E-state index in [0.29, 0.717) is 12.3 Å². The molecule has 0 aliphatic carbocycles. The number of ether oxygens (including phenoxy) is 1. The number of azide groups is 1. The van der Waals surface area contributed by atoms with Crippen molar-refractivity contribution in [1.29, 1.82) is 0 Å². The fourth-order valence-electron chi connectivity index (χ4n) is 2.24. The van der Waals surface area contributed by atoms with Crippen LogP contribution in [0.2, 0.25) is 0 Å². The molecule has 1 atom stereocenters. The van der Waals surface area contributed by atoms with E-state index < -0.39 is 0 Å². The van der Waals surface area contributed by atoms with E-state index in [9.17, 15) is 4.79 Å². The van der Waals surface area contributed by atoms with Crippen molar-refractivity contribution in [3.8, 4) is 5.75 Å². The molecule has 0 bridgehead atoms. The molecule has 2 rings (SSSR count). The lowest BCUT2D eigenvalue weighted by molar-refractivity contribution is -0.138. The van der Waals surface area contributed by atoms with E-state index >= 15 is 0 Å². The average molecular weight is 297 g/mol. The van der Waals surface area contributed by atoms with Gasteiger partial charge in [0.25, 0.3) is 0 Å². The lowest BCUT2D eigenvalue weighted by Gasteiger charge is -2.11. The quantitative estimate of drug-likeness (QED) is 0.183. The van der Waals surface area contributed by atoms with E-state index in [1.165, 1.54) is 0 Å². The molecule has 22 heavy (non-hydrogen) atoms. The minimum atomic E-state index is -0.223. The van der Waals surface area contributed by atoms with Gasteiger partial charge in [-0.15, -0.1) is 0 Å². The number of esters is 1. The first kappa shape index (κ1) is 15.9. The highest BCUT2D eigenvalue weighted by Gasteiger charge is 2.15. The second kappa shape index (κ2) is 8.05. The molecule has 5 nitrogen and oxygen atoms in total. The highest BCUT2D eigenvalue weighted by molar-refractivity contribution is 5.85. The van der Waals surface area contributed by atoms with Crippen molar-refractivity contribution in [3.05, 3.63) is 52.9 Å². The van der Waals surface area contributed by atoms with E-state index in [1.54, 1.807) is 0 Å². The summed E-state index contributed by atoms with van der Waals surface area (Å²) in [6.45, 7) is 2.33. The van der Waals surface area contributed by atoms with Crippen LogP contribution in [-0.2, 0) is 4.79 Å². The molecule has 0 aliphatic heterocycles. The van der Waals surface area contributed by atoms with Gasteiger partial charge >= 0.3 is 5.97 Å². The molecule has 0 N–H and O–H groups in total. The summed E-state index contributed by atoms with van der Waals surface area (Å²) >= 11 is 0. The molecule has 2 aromatic carbocycles. The Morgan fingerprint density at radius 3 is 2.77 bits per heavy atom. The molecule has 0 radical (unpaired) electrons. The summed E-state index contributed by atoms with van der Waals surface area (Å²) < 4.78 is 5.44. The normalized spacial score (nSPS) is 11.7. The predicted octanol–water partition coefficient (Wildman–Crippen LogP) is 4.86. The second-order valence-electron chi connectivity index (χ2n) is 5.28. The first-order valence-corrected chi connectivity index (χ1v) is 7.42. The molecule has 0 heterocycles. The number of fused-ring (bicyclic) bond motifs is 1. The Kier molecular flexibility index (Phi) is 5.81. The van der Waals surface area contributed by atoms with Gasteiger partial charge in [-0.05, 0) is 41.3 Å². The van der Waals surface area contributed by atoms with Crippen LogP contribution in [0.5, 0.6) is 5.75 Å². The fraction of sp³-hybridized carbons (Fsp3) is 0.353. The molecule has 0 aliphatic rings. The van der Waals surface area contributed by atoms with Crippen LogP contribution in [-0.4, -0.2) is 12.5 Å². The van der Waals surface area contributed by atoms with Gasteiger partial charge in [-0.1, -0.05) is 48.8 Å². The number of nitrogens with zero attached hydrogens (tertiary/aromatic N) is 3. The van der Waals surface area contributed by atoms with E-state index in [-0.39, 0.29) is 11.9 Å². The number of benzene rings is 2. The van der Waals surface area contributed by atoms with Crippen molar-refractivity contribution in [2.24, 2.45) is 11.0 Å². The lowest BCUT2D eigenvalue weighted by atomic mass is 10.0. The third kappa shape index (κ3) is 4.50. The number of carbonyl (C=O) groups is 1. The Hall–Kier alpha value is -2.52. The van der Waals surface area contributed by atoms with Gasteiger partial charge in [-0.2, -0.15) is 0 Å². The fourth-order valence-corrected chi connectivity index (χ4v) is 2.24. The van der Waals surface area contributed by atoms with E-state index in [4.69, 9.17) is 10.3 Å². The summed E-state index contributed by atoms with van der Waals surface area (Å²) in [6.07, 6.45) is 2.36. The zero-order valence-corrected chi connectivity index (χ0v) is 12.6. The van der Waals surface area contributed by atoms with Crippen LogP contribution in [0.1, 0.15) is 26.2 Å². The van der Waals surface area contributed by atoms with Gasteiger partial charge < -0.3 is 4.74 Å². The summed E-state index contributed by atoms with van der Waals surface area (Å²) in [6, 6.07) is 13.6. The number of hydrogen-bond donors (Lipinski definition) is 0.